The minimum absolute atomic E-state index is 0.121. The molecule has 0 heterocycles. The summed E-state index contributed by atoms with van der Waals surface area (Å²) in [5.41, 5.74) is 3.84. The van der Waals surface area contributed by atoms with E-state index in [2.05, 4.69) is 6.07 Å². The SMILES string of the molecule is COC(=O)CCc1cccc(CC2C(c3ccc(C(=O)CC4CCCCC4)cc3)[C@H](O)C[C@H]2O)c1. The third kappa shape index (κ3) is 6.59. The lowest BCUT2D eigenvalue weighted by molar-refractivity contribution is -0.140. The zero-order valence-corrected chi connectivity index (χ0v) is 20.7. The Labute approximate surface area is 208 Å². The van der Waals surface area contributed by atoms with E-state index in [1.54, 1.807) is 0 Å². The van der Waals surface area contributed by atoms with E-state index in [0.717, 1.165) is 35.1 Å². The molecule has 2 aliphatic rings. The number of methoxy groups -OCH3 is 1. The highest BCUT2D eigenvalue weighted by Crippen LogP contribution is 2.42. The van der Waals surface area contributed by atoms with Crippen molar-refractivity contribution in [3.05, 3.63) is 70.8 Å². The third-order valence-electron chi connectivity index (χ3n) is 7.98. The fraction of sp³-hybridized carbons (Fsp3) is 0.533. The van der Waals surface area contributed by atoms with E-state index < -0.39 is 12.2 Å². The predicted molar refractivity (Wildman–Crippen MR) is 135 cm³/mol. The van der Waals surface area contributed by atoms with Crippen molar-refractivity contribution < 1.29 is 24.5 Å². The van der Waals surface area contributed by atoms with Gasteiger partial charge < -0.3 is 14.9 Å². The molecule has 2 N–H and O–H groups in total. The van der Waals surface area contributed by atoms with E-state index in [9.17, 15) is 19.8 Å². The van der Waals surface area contributed by atoms with Crippen LogP contribution in [0.15, 0.2) is 48.5 Å². The largest absolute Gasteiger partial charge is 0.469 e. The number of ketones is 1. The van der Waals surface area contributed by atoms with Crippen molar-refractivity contribution in [2.24, 2.45) is 11.8 Å². The van der Waals surface area contributed by atoms with Crippen LogP contribution in [0.3, 0.4) is 0 Å². The molecule has 5 nitrogen and oxygen atoms in total. The second-order valence-corrected chi connectivity index (χ2v) is 10.4. The highest BCUT2D eigenvalue weighted by atomic mass is 16.5. The average molecular weight is 479 g/mol. The van der Waals surface area contributed by atoms with E-state index in [1.807, 2.05) is 42.5 Å². The first kappa shape index (κ1) is 25.6. The van der Waals surface area contributed by atoms with Crippen LogP contribution in [0, 0.1) is 11.8 Å². The van der Waals surface area contributed by atoms with Gasteiger partial charge in [0.05, 0.1) is 19.3 Å². The van der Waals surface area contributed by atoms with Crippen molar-refractivity contribution in [3.8, 4) is 0 Å². The van der Waals surface area contributed by atoms with Gasteiger partial charge in [0.1, 0.15) is 0 Å². The molecular formula is C30H38O5. The Balaban J connectivity index is 1.44. The van der Waals surface area contributed by atoms with Gasteiger partial charge in [0.2, 0.25) is 0 Å². The number of hydrogen-bond donors (Lipinski definition) is 2. The van der Waals surface area contributed by atoms with Crippen molar-refractivity contribution in [1.29, 1.82) is 0 Å². The Hall–Kier alpha value is -2.50. The average Bonchev–Trinajstić information content (AvgIpc) is 3.15. The highest BCUT2D eigenvalue weighted by molar-refractivity contribution is 5.96. The second-order valence-electron chi connectivity index (χ2n) is 10.4. The number of hydrogen-bond acceptors (Lipinski definition) is 5. The first-order valence-electron chi connectivity index (χ1n) is 13.1. The quantitative estimate of drug-likeness (QED) is 0.391. The van der Waals surface area contributed by atoms with Crippen LogP contribution in [0.1, 0.15) is 84.3 Å². The minimum atomic E-state index is -0.624. The summed E-state index contributed by atoms with van der Waals surface area (Å²) in [6, 6.07) is 15.8. The molecule has 0 radical (unpaired) electrons. The van der Waals surface area contributed by atoms with Crippen LogP contribution >= 0.6 is 0 Å². The molecule has 0 saturated heterocycles. The van der Waals surface area contributed by atoms with Gasteiger partial charge in [-0.15, -0.1) is 0 Å². The van der Waals surface area contributed by atoms with Gasteiger partial charge in [0, 0.05) is 30.7 Å². The lowest BCUT2D eigenvalue weighted by Gasteiger charge is -2.25. The normalized spacial score (nSPS) is 24.9. The maximum absolute atomic E-state index is 12.8. The van der Waals surface area contributed by atoms with Crippen molar-refractivity contribution in [3.63, 3.8) is 0 Å². The Morgan fingerprint density at radius 2 is 1.66 bits per heavy atom. The molecule has 2 unspecified atom stereocenters. The number of rotatable bonds is 9. The first-order chi connectivity index (χ1) is 16.9. The summed E-state index contributed by atoms with van der Waals surface area (Å²) < 4.78 is 4.74. The van der Waals surface area contributed by atoms with Gasteiger partial charge >= 0.3 is 5.97 Å². The number of benzene rings is 2. The molecule has 0 aliphatic heterocycles. The minimum Gasteiger partial charge on any atom is -0.469 e. The summed E-state index contributed by atoms with van der Waals surface area (Å²) in [5.74, 6) is 0.174. The van der Waals surface area contributed by atoms with Crippen LogP contribution in [0.25, 0.3) is 0 Å². The Bertz CT molecular complexity index is 992. The zero-order chi connectivity index (χ0) is 24.8. The lowest BCUT2D eigenvalue weighted by Crippen LogP contribution is -2.23. The maximum atomic E-state index is 12.8. The van der Waals surface area contributed by atoms with Crippen LogP contribution in [0.2, 0.25) is 0 Å². The van der Waals surface area contributed by atoms with Crippen LogP contribution in [0.4, 0.5) is 0 Å². The molecule has 5 heteroatoms. The number of aryl methyl sites for hydroxylation is 1. The molecule has 0 bridgehead atoms. The van der Waals surface area contributed by atoms with Gasteiger partial charge in [-0.25, -0.2) is 0 Å². The number of esters is 1. The van der Waals surface area contributed by atoms with Gasteiger partial charge in [-0.05, 0) is 41.4 Å². The molecule has 2 aromatic rings. The lowest BCUT2D eigenvalue weighted by atomic mass is 9.82. The van der Waals surface area contributed by atoms with Crippen LogP contribution in [-0.4, -0.2) is 41.3 Å². The molecule has 2 aromatic carbocycles. The molecule has 4 rings (SSSR count). The predicted octanol–water partition coefficient (Wildman–Crippen LogP) is 5.01. The van der Waals surface area contributed by atoms with Gasteiger partial charge in [0.15, 0.2) is 5.78 Å². The number of Topliss-reactive ketones (excluding diaryl/α,β-unsaturated/α-hetero) is 1. The van der Waals surface area contributed by atoms with E-state index in [4.69, 9.17) is 4.74 Å². The zero-order valence-electron chi connectivity index (χ0n) is 20.7. The summed E-state index contributed by atoms with van der Waals surface area (Å²) in [6.45, 7) is 0. The number of carbonyl (C=O) groups excluding carboxylic acids is 2. The summed E-state index contributed by atoms with van der Waals surface area (Å²) in [4.78, 5) is 24.3. The second kappa shape index (κ2) is 12.0. The topological polar surface area (TPSA) is 83.8 Å². The fourth-order valence-electron chi connectivity index (χ4n) is 6.02. The van der Waals surface area contributed by atoms with Gasteiger partial charge in [-0.3, -0.25) is 9.59 Å². The van der Waals surface area contributed by atoms with Crippen molar-refractivity contribution in [2.75, 3.05) is 7.11 Å². The van der Waals surface area contributed by atoms with Gasteiger partial charge in [-0.1, -0.05) is 80.6 Å². The van der Waals surface area contributed by atoms with Crippen LogP contribution in [-0.2, 0) is 22.4 Å². The van der Waals surface area contributed by atoms with E-state index in [1.165, 1.54) is 26.4 Å². The summed E-state index contributed by atoms with van der Waals surface area (Å²) in [6.07, 6.45) is 7.38. The Kier molecular flexibility index (Phi) is 8.74. The molecule has 0 aromatic heterocycles. The molecular weight excluding hydrogens is 440 g/mol. The monoisotopic (exact) mass is 478 g/mol. The van der Waals surface area contributed by atoms with Crippen molar-refractivity contribution in [2.45, 2.75) is 82.3 Å². The molecule has 35 heavy (non-hydrogen) atoms. The first-order valence-corrected chi connectivity index (χ1v) is 13.1. The highest BCUT2D eigenvalue weighted by Gasteiger charge is 2.42. The fourth-order valence-corrected chi connectivity index (χ4v) is 6.02. The number of aliphatic hydroxyl groups excluding tert-OH is 2. The van der Waals surface area contributed by atoms with Crippen molar-refractivity contribution in [1.82, 2.24) is 0 Å². The maximum Gasteiger partial charge on any atom is 0.305 e. The van der Waals surface area contributed by atoms with Crippen LogP contribution < -0.4 is 0 Å². The molecule has 0 spiro atoms. The van der Waals surface area contributed by atoms with Crippen molar-refractivity contribution >= 4 is 11.8 Å². The van der Waals surface area contributed by atoms with E-state index in [-0.39, 0.29) is 23.6 Å². The van der Waals surface area contributed by atoms with E-state index in [0.29, 0.717) is 38.0 Å². The standard InChI is InChI=1S/C30H38O5/c1-35-29(34)15-10-21-8-5-9-22(16-21)17-25-27(32)19-28(33)30(25)24-13-11-23(12-14-24)26(31)18-20-6-3-2-4-7-20/h5,8-9,11-14,16,20,25,27-28,30,32-33H,2-4,6-7,10,15,17-19H2,1H3/t25?,27-,28-,30?/m1/s1. The third-order valence-corrected chi connectivity index (χ3v) is 7.98. The van der Waals surface area contributed by atoms with Gasteiger partial charge in [-0.2, -0.15) is 0 Å². The molecule has 2 fully saturated rings. The smallest absolute Gasteiger partial charge is 0.305 e. The molecule has 4 atom stereocenters. The number of aliphatic hydroxyl groups is 2. The number of ether oxygens (including phenoxy) is 1. The Morgan fingerprint density at radius 1 is 0.943 bits per heavy atom. The summed E-state index contributed by atoms with van der Waals surface area (Å²) >= 11 is 0. The Morgan fingerprint density at radius 3 is 2.37 bits per heavy atom. The molecule has 0 amide bonds. The van der Waals surface area contributed by atoms with Gasteiger partial charge in [0.25, 0.3) is 0 Å². The molecule has 188 valence electrons. The summed E-state index contributed by atoms with van der Waals surface area (Å²) in [7, 11) is 1.39. The van der Waals surface area contributed by atoms with Crippen LogP contribution in [0.5, 0.6) is 0 Å². The van der Waals surface area contributed by atoms with E-state index >= 15 is 0 Å². The number of carbonyl (C=O) groups is 2. The molecule has 2 aliphatic carbocycles. The summed E-state index contributed by atoms with van der Waals surface area (Å²) in [5, 5.41) is 21.6. The molecule has 2 saturated carbocycles.